The minimum atomic E-state index is -0.398. The molecule has 150 valence electrons. The molecule has 9 heteroatoms. The average Bonchev–Trinajstić information content (AvgIpc) is 2.60. The van der Waals surface area contributed by atoms with Crippen LogP contribution >= 0.6 is 34.8 Å². The number of halogens is 3. The van der Waals surface area contributed by atoms with Gasteiger partial charge in [-0.05, 0) is 50.5 Å². The summed E-state index contributed by atoms with van der Waals surface area (Å²) in [5, 5.41) is 6.46. The number of hydrogen-bond donors (Lipinski definition) is 2. The van der Waals surface area contributed by atoms with Crippen molar-refractivity contribution in [3.05, 3.63) is 57.0 Å². The van der Waals surface area contributed by atoms with Crippen LogP contribution in [0.2, 0.25) is 15.1 Å². The summed E-state index contributed by atoms with van der Waals surface area (Å²) in [5.41, 5.74) is 0.785. The van der Waals surface area contributed by atoms with Gasteiger partial charge in [-0.2, -0.15) is 0 Å². The van der Waals surface area contributed by atoms with Crippen molar-refractivity contribution in [2.24, 2.45) is 0 Å². The van der Waals surface area contributed by atoms with E-state index in [0.29, 0.717) is 33.6 Å². The van der Waals surface area contributed by atoms with Gasteiger partial charge in [-0.15, -0.1) is 0 Å². The van der Waals surface area contributed by atoms with Gasteiger partial charge in [0.25, 0.3) is 11.8 Å². The third kappa shape index (κ3) is 6.87. The molecule has 2 amide bonds. The summed E-state index contributed by atoms with van der Waals surface area (Å²) in [7, 11) is 3.84. The highest BCUT2D eigenvalue weighted by molar-refractivity contribution is 6.35. The number of carbonyl (C=O) groups is 2. The molecule has 0 atom stereocenters. The minimum absolute atomic E-state index is 0.238. The molecule has 0 fully saturated rings. The molecule has 0 saturated carbocycles. The quantitative estimate of drug-likeness (QED) is 0.647. The Balaban J connectivity index is 1.90. The molecule has 2 aromatic rings. The van der Waals surface area contributed by atoms with E-state index in [1.54, 1.807) is 24.3 Å². The largest absolute Gasteiger partial charge is 0.482 e. The summed E-state index contributed by atoms with van der Waals surface area (Å²) in [4.78, 5) is 26.2. The van der Waals surface area contributed by atoms with E-state index in [-0.39, 0.29) is 17.5 Å². The third-order valence-corrected chi connectivity index (χ3v) is 4.44. The SMILES string of the molecule is CN(C)CCNC(=O)c1ccc(NC(=O)COc2ccc(Cl)cc2Cl)cc1Cl. The molecule has 0 unspecified atom stereocenters. The molecule has 0 aliphatic carbocycles. The Morgan fingerprint density at radius 2 is 1.79 bits per heavy atom. The fraction of sp³-hybridized carbons (Fsp3) is 0.263. The molecule has 0 aliphatic rings. The summed E-state index contributed by atoms with van der Waals surface area (Å²) in [6.07, 6.45) is 0. The van der Waals surface area contributed by atoms with E-state index in [0.717, 1.165) is 6.54 Å². The first-order valence-corrected chi connectivity index (χ1v) is 9.50. The zero-order chi connectivity index (χ0) is 20.7. The molecule has 28 heavy (non-hydrogen) atoms. The number of anilines is 1. The Labute approximate surface area is 178 Å². The standard InChI is InChI=1S/C19H20Cl3N3O3/c1-25(2)8-7-23-19(27)14-5-4-13(10-15(14)21)24-18(26)11-28-17-6-3-12(20)9-16(17)22/h3-6,9-10H,7-8,11H2,1-2H3,(H,23,27)(H,24,26). The van der Waals surface area contributed by atoms with Gasteiger partial charge in [-0.1, -0.05) is 34.8 Å². The van der Waals surface area contributed by atoms with Crippen LogP contribution in [-0.4, -0.2) is 50.5 Å². The molecule has 2 aromatic carbocycles. The summed E-state index contributed by atoms with van der Waals surface area (Å²) < 4.78 is 5.38. The Morgan fingerprint density at radius 3 is 2.43 bits per heavy atom. The van der Waals surface area contributed by atoms with Crippen LogP contribution in [0.4, 0.5) is 5.69 Å². The first-order chi connectivity index (χ1) is 13.3. The number of hydrogen-bond acceptors (Lipinski definition) is 4. The summed E-state index contributed by atoms with van der Waals surface area (Å²) >= 11 is 18.0. The normalized spacial score (nSPS) is 10.6. The second-order valence-electron chi connectivity index (χ2n) is 6.17. The van der Waals surface area contributed by atoms with Crippen molar-refractivity contribution in [2.45, 2.75) is 0 Å². The van der Waals surface area contributed by atoms with Gasteiger partial charge in [0.2, 0.25) is 0 Å². The van der Waals surface area contributed by atoms with Crippen LogP contribution in [0.5, 0.6) is 5.75 Å². The fourth-order valence-electron chi connectivity index (χ4n) is 2.20. The molecule has 0 bridgehead atoms. The molecule has 0 aliphatic heterocycles. The number of ether oxygens (including phenoxy) is 1. The van der Waals surface area contributed by atoms with E-state index in [2.05, 4.69) is 10.6 Å². The molecule has 0 radical (unpaired) electrons. The van der Waals surface area contributed by atoms with Gasteiger partial charge in [-0.25, -0.2) is 0 Å². The maximum Gasteiger partial charge on any atom is 0.262 e. The molecule has 0 saturated heterocycles. The average molecular weight is 445 g/mol. The maximum atomic E-state index is 12.2. The van der Waals surface area contributed by atoms with Crippen molar-refractivity contribution in [3.8, 4) is 5.75 Å². The molecule has 2 rings (SSSR count). The highest BCUT2D eigenvalue weighted by Gasteiger charge is 2.12. The van der Waals surface area contributed by atoms with Gasteiger partial charge < -0.3 is 20.3 Å². The highest BCUT2D eigenvalue weighted by Crippen LogP contribution is 2.27. The molecule has 0 heterocycles. The Kier molecular flexibility index (Phi) is 8.38. The molecular formula is C19H20Cl3N3O3. The van der Waals surface area contributed by atoms with Gasteiger partial charge >= 0.3 is 0 Å². The summed E-state index contributed by atoms with van der Waals surface area (Å²) in [5.74, 6) is -0.320. The second-order valence-corrected chi connectivity index (χ2v) is 7.42. The summed E-state index contributed by atoms with van der Waals surface area (Å²) in [6.45, 7) is 0.978. The lowest BCUT2D eigenvalue weighted by atomic mass is 10.2. The van der Waals surface area contributed by atoms with E-state index < -0.39 is 5.91 Å². The molecule has 6 nitrogen and oxygen atoms in total. The van der Waals surface area contributed by atoms with Crippen LogP contribution in [-0.2, 0) is 4.79 Å². The van der Waals surface area contributed by atoms with Crippen molar-refractivity contribution >= 4 is 52.3 Å². The molecule has 2 N–H and O–H groups in total. The Bertz CT molecular complexity index is 860. The van der Waals surface area contributed by atoms with Crippen molar-refractivity contribution in [3.63, 3.8) is 0 Å². The first-order valence-electron chi connectivity index (χ1n) is 8.36. The predicted molar refractivity (Wildman–Crippen MR) is 113 cm³/mol. The smallest absolute Gasteiger partial charge is 0.262 e. The van der Waals surface area contributed by atoms with Crippen molar-refractivity contribution in [1.29, 1.82) is 0 Å². The fourth-order valence-corrected chi connectivity index (χ4v) is 2.93. The number of carbonyl (C=O) groups excluding carboxylic acids is 2. The van der Waals surface area contributed by atoms with Crippen LogP contribution in [0.15, 0.2) is 36.4 Å². The molecule has 0 aromatic heterocycles. The third-order valence-electron chi connectivity index (χ3n) is 3.59. The zero-order valence-electron chi connectivity index (χ0n) is 15.4. The zero-order valence-corrected chi connectivity index (χ0v) is 17.7. The van der Waals surface area contributed by atoms with Gasteiger partial charge in [0, 0.05) is 23.8 Å². The van der Waals surface area contributed by atoms with E-state index >= 15 is 0 Å². The van der Waals surface area contributed by atoms with Crippen molar-refractivity contribution in [1.82, 2.24) is 10.2 Å². The minimum Gasteiger partial charge on any atom is -0.482 e. The summed E-state index contributed by atoms with van der Waals surface area (Å²) in [6, 6.07) is 9.38. The van der Waals surface area contributed by atoms with E-state index in [1.165, 1.54) is 12.1 Å². The number of rotatable bonds is 8. The van der Waals surface area contributed by atoms with Crippen LogP contribution in [0.3, 0.4) is 0 Å². The Morgan fingerprint density at radius 1 is 1.04 bits per heavy atom. The monoisotopic (exact) mass is 443 g/mol. The number of nitrogens with one attached hydrogen (secondary N) is 2. The van der Waals surface area contributed by atoms with E-state index in [9.17, 15) is 9.59 Å². The van der Waals surface area contributed by atoms with Gasteiger partial charge in [-0.3, -0.25) is 9.59 Å². The highest BCUT2D eigenvalue weighted by atomic mass is 35.5. The maximum absolute atomic E-state index is 12.2. The topological polar surface area (TPSA) is 70.7 Å². The van der Waals surface area contributed by atoms with E-state index in [4.69, 9.17) is 39.5 Å². The van der Waals surface area contributed by atoms with Crippen molar-refractivity contribution < 1.29 is 14.3 Å². The van der Waals surface area contributed by atoms with Gasteiger partial charge in [0.1, 0.15) is 5.75 Å². The number of likely N-dealkylation sites (N-methyl/N-ethyl adjacent to an activating group) is 1. The van der Waals surface area contributed by atoms with E-state index in [1.807, 2.05) is 19.0 Å². The Hall–Kier alpha value is -1.99. The molecular weight excluding hydrogens is 425 g/mol. The number of nitrogens with zero attached hydrogens (tertiary/aromatic N) is 1. The van der Waals surface area contributed by atoms with Crippen molar-refractivity contribution in [2.75, 3.05) is 39.1 Å². The van der Waals surface area contributed by atoms with Gasteiger partial charge in [0.15, 0.2) is 6.61 Å². The lowest BCUT2D eigenvalue weighted by Crippen LogP contribution is -2.31. The second kappa shape index (κ2) is 10.5. The van der Waals surface area contributed by atoms with Crippen LogP contribution in [0.25, 0.3) is 0 Å². The first kappa shape index (κ1) is 22.3. The van der Waals surface area contributed by atoms with Crippen LogP contribution in [0, 0.1) is 0 Å². The lowest BCUT2D eigenvalue weighted by molar-refractivity contribution is -0.118. The molecule has 0 spiro atoms. The van der Waals surface area contributed by atoms with Crippen LogP contribution in [0.1, 0.15) is 10.4 Å². The van der Waals surface area contributed by atoms with Gasteiger partial charge in [0.05, 0.1) is 15.6 Å². The number of amides is 2. The lowest BCUT2D eigenvalue weighted by Gasteiger charge is -2.12. The number of benzene rings is 2. The predicted octanol–water partition coefficient (Wildman–Crippen LogP) is 3.96. The van der Waals surface area contributed by atoms with Crippen LogP contribution < -0.4 is 15.4 Å².